The second-order valence-electron chi connectivity index (χ2n) is 6.30. The molecule has 150 valence electrons. The van der Waals surface area contributed by atoms with E-state index in [4.69, 9.17) is 4.74 Å². The Morgan fingerprint density at radius 3 is 2.44 bits per heavy atom. The molecule has 1 heterocycles. The van der Waals surface area contributed by atoms with Gasteiger partial charge in [0.05, 0.1) is 5.75 Å². The Bertz CT molecular complexity index is 852. The van der Waals surface area contributed by atoms with E-state index in [1.54, 1.807) is 33.0 Å². The fraction of sp³-hybridized carbons (Fsp3) is 0.389. The molecule has 0 saturated carbocycles. The molecule has 0 fully saturated rings. The molecular weight excluding hydrogens is 383 g/mol. The average molecular weight is 405 g/mol. The highest BCUT2D eigenvalue weighted by Crippen LogP contribution is 2.43. The smallest absolute Gasteiger partial charge is 0.422 e. The van der Waals surface area contributed by atoms with E-state index >= 15 is 0 Å². The molecule has 0 aliphatic heterocycles. The summed E-state index contributed by atoms with van der Waals surface area (Å²) in [5.41, 5.74) is 1.62. The Hall–Kier alpha value is -1.97. The van der Waals surface area contributed by atoms with Crippen LogP contribution in [0.15, 0.2) is 35.3 Å². The van der Waals surface area contributed by atoms with Crippen LogP contribution < -0.4 is 10.3 Å². The SMILES string of the molecule is CCS(O)(O)Cc1ccc(OCC(F)(F)F)c(-c2cc(C)c(=O)n(C)c2)c1. The summed E-state index contributed by atoms with van der Waals surface area (Å²) in [6, 6.07) is 6.02. The lowest BCUT2D eigenvalue weighted by atomic mass is 10.0. The third-order valence-electron chi connectivity index (χ3n) is 3.97. The molecule has 27 heavy (non-hydrogen) atoms. The fourth-order valence-corrected chi connectivity index (χ4v) is 3.49. The molecule has 2 N–H and O–H groups in total. The molecule has 1 aromatic heterocycles. The minimum absolute atomic E-state index is 0.00195. The molecule has 0 saturated heterocycles. The van der Waals surface area contributed by atoms with Crippen LogP contribution >= 0.6 is 10.6 Å². The molecule has 9 heteroatoms. The van der Waals surface area contributed by atoms with E-state index in [0.29, 0.717) is 22.3 Å². The molecule has 0 spiro atoms. The number of pyridine rings is 1. The fourth-order valence-electron chi connectivity index (χ4n) is 2.57. The van der Waals surface area contributed by atoms with Crippen LogP contribution in [0.1, 0.15) is 18.1 Å². The molecule has 2 rings (SSSR count). The number of ether oxygens (including phenoxy) is 1. The van der Waals surface area contributed by atoms with Gasteiger partial charge in [0.1, 0.15) is 5.75 Å². The lowest BCUT2D eigenvalue weighted by molar-refractivity contribution is -0.153. The number of aryl methyl sites for hydroxylation is 2. The number of halogens is 3. The van der Waals surface area contributed by atoms with Gasteiger partial charge in [0.15, 0.2) is 6.61 Å². The minimum atomic E-state index is -4.49. The van der Waals surface area contributed by atoms with Crippen LogP contribution in [0.3, 0.4) is 0 Å². The molecule has 0 amide bonds. The molecule has 5 nitrogen and oxygen atoms in total. The first-order valence-corrected chi connectivity index (χ1v) is 10.0. The van der Waals surface area contributed by atoms with Crippen molar-refractivity contribution in [1.29, 1.82) is 0 Å². The lowest BCUT2D eigenvalue weighted by Gasteiger charge is -2.31. The summed E-state index contributed by atoms with van der Waals surface area (Å²) in [6.45, 7) is 1.81. The van der Waals surface area contributed by atoms with Crippen molar-refractivity contribution in [1.82, 2.24) is 4.57 Å². The molecule has 0 unspecified atom stereocenters. The number of hydrogen-bond donors (Lipinski definition) is 2. The second kappa shape index (κ2) is 7.95. The summed E-state index contributed by atoms with van der Waals surface area (Å²) < 4.78 is 63.9. The van der Waals surface area contributed by atoms with E-state index in [1.807, 2.05) is 0 Å². The Labute approximate surface area is 156 Å². The molecule has 0 radical (unpaired) electrons. The molecule has 0 atom stereocenters. The maximum Gasteiger partial charge on any atom is 0.422 e. The highest BCUT2D eigenvalue weighted by atomic mass is 32.3. The van der Waals surface area contributed by atoms with E-state index in [-0.39, 0.29) is 22.8 Å². The van der Waals surface area contributed by atoms with Crippen molar-refractivity contribution in [2.24, 2.45) is 7.05 Å². The van der Waals surface area contributed by atoms with Crippen LogP contribution in [0.5, 0.6) is 5.75 Å². The van der Waals surface area contributed by atoms with Gasteiger partial charge in [-0.05, 0) is 37.6 Å². The van der Waals surface area contributed by atoms with Crippen LogP contribution in [0.25, 0.3) is 11.1 Å². The van der Waals surface area contributed by atoms with Gasteiger partial charge in [-0.2, -0.15) is 23.8 Å². The third-order valence-corrected chi connectivity index (χ3v) is 5.69. The first kappa shape index (κ1) is 21.3. The maximum absolute atomic E-state index is 12.6. The minimum Gasteiger partial charge on any atom is -0.483 e. The van der Waals surface area contributed by atoms with Crippen LogP contribution in [-0.2, 0) is 12.8 Å². The van der Waals surface area contributed by atoms with E-state index in [0.717, 1.165) is 0 Å². The first-order chi connectivity index (χ1) is 12.4. The monoisotopic (exact) mass is 405 g/mol. The van der Waals surface area contributed by atoms with Crippen molar-refractivity contribution in [2.75, 3.05) is 12.4 Å². The van der Waals surface area contributed by atoms with E-state index < -0.39 is 23.4 Å². The van der Waals surface area contributed by atoms with Crippen molar-refractivity contribution < 1.29 is 27.0 Å². The molecule has 1 aromatic carbocycles. The number of alkyl halides is 3. The number of aromatic nitrogens is 1. The Morgan fingerprint density at radius 1 is 1.22 bits per heavy atom. The average Bonchev–Trinajstić information content (AvgIpc) is 2.57. The highest BCUT2D eigenvalue weighted by molar-refractivity contribution is 8.23. The number of nitrogens with zero attached hydrogens (tertiary/aromatic N) is 1. The Morgan fingerprint density at radius 2 is 1.89 bits per heavy atom. The summed E-state index contributed by atoms with van der Waals surface area (Å²) >= 11 is 0. The van der Waals surface area contributed by atoms with Crippen molar-refractivity contribution >= 4 is 10.6 Å². The first-order valence-electron chi connectivity index (χ1n) is 8.15. The zero-order chi connectivity index (χ0) is 20.4. The zero-order valence-electron chi connectivity index (χ0n) is 15.2. The van der Waals surface area contributed by atoms with Gasteiger partial charge >= 0.3 is 6.18 Å². The largest absolute Gasteiger partial charge is 0.483 e. The van der Waals surface area contributed by atoms with Gasteiger partial charge in [0.25, 0.3) is 5.56 Å². The summed E-state index contributed by atoms with van der Waals surface area (Å²) in [7, 11) is -1.27. The van der Waals surface area contributed by atoms with Gasteiger partial charge in [0, 0.05) is 35.7 Å². The van der Waals surface area contributed by atoms with Crippen LogP contribution in [-0.4, -0.2) is 32.2 Å². The summed E-state index contributed by atoms with van der Waals surface area (Å²) in [4.78, 5) is 11.9. The van der Waals surface area contributed by atoms with Crippen molar-refractivity contribution in [2.45, 2.75) is 25.8 Å². The summed E-state index contributed by atoms with van der Waals surface area (Å²) in [6.07, 6.45) is -2.99. The number of hydrogen-bond acceptors (Lipinski definition) is 4. The van der Waals surface area contributed by atoms with Gasteiger partial charge < -0.3 is 9.30 Å². The van der Waals surface area contributed by atoms with Crippen LogP contribution in [0.2, 0.25) is 0 Å². The topological polar surface area (TPSA) is 71.7 Å². The van der Waals surface area contributed by atoms with Gasteiger partial charge in [-0.15, -0.1) is 0 Å². The van der Waals surface area contributed by atoms with Crippen LogP contribution in [0.4, 0.5) is 13.2 Å². The van der Waals surface area contributed by atoms with Crippen molar-refractivity contribution in [3.8, 4) is 16.9 Å². The van der Waals surface area contributed by atoms with Gasteiger partial charge in [-0.3, -0.25) is 13.9 Å². The van der Waals surface area contributed by atoms with Crippen molar-refractivity contribution in [3.05, 3.63) is 51.9 Å². The zero-order valence-corrected chi connectivity index (χ0v) is 16.0. The van der Waals surface area contributed by atoms with Gasteiger partial charge in [-0.1, -0.05) is 6.07 Å². The lowest BCUT2D eigenvalue weighted by Crippen LogP contribution is -2.20. The number of rotatable bonds is 6. The predicted molar refractivity (Wildman–Crippen MR) is 100 cm³/mol. The highest BCUT2D eigenvalue weighted by Gasteiger charge is 2.29. The molecule has 0 bridgehead atoms. The van der Waals surface area contributed by atoms with Gasteiger partial charge in [0.2, 0.25) is 0 Å². The van der Waals surface area contributed by atoms with Gasteiger partial charge in [-0.25, -0.2) is 0 Å². The molecule has 0 aliphatic rings. The molecule has 2 aromatic rings. The van der Waals surface area contributed by atoms with Crippen molar-refractivity contribution in [3.63, 3.8) is 0 Å². The van der Waals surface area contributed by atoms with E-state index in [1.165, 1.54) is 22.9 Å². The summed E-state index contributed by atoms with van der Waals surface area (Å²) in [5, 5.41) is 0. The normalized spacial score (nSPS) is 12.9. The Kier molecular flexibility index (Phi) is 6.28. The summed E-state index contributed by atoms with van der Waals surface area (Å²) in [5.74, 6) is 0.163. The number of benzene rings is 1. The molecular formula is C18H22F3NO4S. The van der Waals surface area contributed by atoms with E-state index in [9.17, 15) is 27.1 Å². The maximum atomic E-state index is 12.6. The quantitative estimate of drug-likeness (QED) is 0.738. The second-order valence-corrected chi connectivity index (χ2v) is 8.77. The van der Waals surface area contributed by atoms with Crippen LogP contribution in [0, 0.1) is 6.92 Å². The molecule has 0 aliphatic carbocycles. The third kappa shape index (κ3) is 5.75. The Balaban J connectivity index is 2.53. The van der Waals surface area contributed by atoms with E-state index in [2.05, 4.69) is 0 Å². The standard InChI is InChI=1S/C18H22F3NO4S/c1-4-27(24,25)10-13-5-6-16(26-11-18(19,20)21)15(8-13)14-7-12(2)17(23)22(3)9-14/h5-9,24-25H,4,10-11H2,1-3H3. The predicted octanol–water partition coefficient (Wildman–Crippen LogP) is 4.57.